The van der Waals surface area contributed by atoms with E-state index in [0.29, 0.717) is 18.4 Å². The highest BCUT2D eigenvalue weighted by Crippen LogP contribution is 2.51. The molecule has 3 fully saturated rings. The van der Waals surface area contributed by atoms with Gasteiger partial charge in [-0.05, 0) is 64.0 Å². The standard InChI is InChI=1S/C20H26N2O3/c1-20(2,3)25-19(24)21-12-13-11-16(13)17(21)18(23)22(15-9-10-15)14-7-5-4-6-8-14/h4-8,13,15-17H,9-12H2,1-3H3/t13-,16-,17+/m1/s1. The van der Waals surface area contributed by atoms with E-state index in [1.807, 2.05) is 56.0 Å². The van der Waals surface area contributed by atoms with E-state index in [1.165, 1.54) is 0 Å². The zero-order valence-electron chi connectivity index (χ0n) is 15.1. The van der Waals surface area contributed by atoms with Crippen LogP contribution in [0.2, 0.25) is 0 Å². The Hall–Kier alpha value is -2.04. The van der Waals surface area contributed by atoms with Crippen LogP contribution in [0, 0.1) is 11.8 Å². The summed E-state index contributed by atoms with van der Waals surface area (Å²) in [7, 11) is 0. The number of carbonyl (C=O) groups is 2. The fourth-order valence-corrected chi connectivity index (χ4v) is 3.87. The van der Waals surface area contributed by atoms with E-state index in [4.69, 9.17) is 4.74 Å². The first-order valence-electron chi connectivity index (χ1n) is 9.23. The summed E-state index contributed by atoms with van der Waals surface area (Å²) >= 11 is 0. The summed E-state index contributed by atoms with van der Waals surface area (Å²) in [6.45, 7) is 6.22. The fraction of sp³-hybridized carbons (Fsp3) is 0.600. The van der Waals surface area contributed by atoms with Crippen LogP contribution < -0.4 is 4.90 Å². The quantitative estimate of drug-likeness (QED) is 0.845. The molecule has 3 aliphatic rings. The molecule has 0 unspecified atom stereocenters. The van der Waals surface area contributed by atoms with Crippen molar-refractivity contribution in [2.75, 3.05) is 11.4 Å². The maximum Gasteiger partial charge on any atom is 0.410 e. The molecule has 1 saturated heterocycles. The number of rotatable bonds is 3. The van der Waals surface area contributed by atoms with Crippen molar-refractivity contribution >= 4 is 17.7 Å². The Morgan fingerprint density at radius 3 is 2.44 bits per heavy atom. The second-order valence-electron chi connectivity index (χ2n) is 8.51. The minimum atomic E-state index is -0.549. The highest BCUT2D eigenvalue weighted by Gasteiger charge is 2.59. The molecular formula is C20H26N2O3. The summed E-state index contributed by atoms with van der Waals surface area (Å²) in [6.07, 6.45) is 2.76. The van der Waals surface area contributed by atoms with Gasteiger partial charge in [-0.1, -0.05) is 18.2 Å². The first-order valence-corrected chi connectivity index (χ1v) is 9.23. The van der Waals surface area contributed by atoms with E-state index >= 15 is 0 Å². The number of amides is 2. The number of likely N-dealkylation sites (tertiary alicyclic amines) is 1. The molecule has 2 saturated carbocycles. The van der Waals surface area contributed by atoms with Crippen LogP contribution in [0.1, 0.15) is 40.0 Å². The molecule has 1 aromatic rings. The third kappa shape index (κ3) is 3.24. The number of para-hydroxylation sites is 1. The molecule has 1 aromatic carbocycles. The maximum atomic E-state index is 13.4. The number of hydrogen-bond acceptors (Lipinski definition) is 3. The van der Waals surface area contributed by atoms with Gasteiger partial charge >= 0.3 is 6.09 Å². The van der Waals surface area contributed by atoms with E-state index in [1.54, 1.807) is 4.90 Å². The third-order valence-electron chi connectivity index (χ3n) is 5.21. The first-order chi connectivity index (χ1) is 11.8. The molecule has 25 heavy (non-hydrogen) atoms. The topological polar surface area (TPSA) is 49.9 Å². The number of piperidine rings is 1. The number of carbonyl (C=O) groups excluding carboxylic acids is 2. The maximum absolute atomic E-state index is 13.4. The molecule has 134 valence electrons. The minimum absolute atomic E-state index is 0.0598. The SMILES string of the molecule is CC(C)(C)OC(=O)N1C[C@H]2C[C@H]2[C@H]1C(=O)N(c1ccccc1)C1CC1. The van der Waals surface area contributed by atoms with E-state index in [0.717, 1.165) is 24.9 Å². The zero-order valence-corrected chi connectivity index (χ0v) is 15.1. The van der Waals surface area contributed by atoms with Gasteiger partial charge in [0.15, 0.2) is 0 Å². The molecular weight excluding hydrogens is 316 g/mol. The number of nitrogens with zero attached hydrogens (tertiary/aromatic N) is 2. The molecule has 0 spiro atoms. The van der Waals surface area contributed by atoms with Crippen LogP contribution in [-0.2, 0) is 9.53 Å². The minimum Gasteiger partial charge on any atom is -0.444 e. The van der Waals surface area contributed by atoms with Gasteiger partial charge in [0, 0.05) is 18.3 Å². The van der Waals surface area contributed by atoms with E-state index < -0.39 is 5.60 Å². The predicted octanol–water partition coefficient (Wildman–Crippen LogP) is 3.44. The lowest BCUT2D eigenvalue weighted by Gasteiger charge is -2.33. The van der Waals surface area contributed by atoms with Crippen LogP contribution >= 0.6 is 0 Å². The molecule has 5 heteroatoms. The molecule has 0 aromatic heterocycles. The summed E-state index contributed by atoms with van der Waals surface area (Å²) < 4.78 is 5.55. The number of benzene rings is 1. The summed E-state index contributed by atoms with van der Waals surface area (Å²) in [5.74, 6) is 0.813. The lowest BCUT2D eigenvalue weighted by molar-refractivity contribution is -0.123. The largest absolute Gasteiger partial charge is 0.444 e. The Kier molecular flexibility index (Phi) is 3.78. The molecule has 4 rings (SSSR count). The highest BCUT2D eigenvalue weighted by molar-refractivity contribution is 6.00. The Morgan fingerprint density at radius 1 is 1.16 bits per heavy atom. The molecule has 3 atom stereocenters. The van der Waals surface area contributed by atoms with Gasteiger partial charge in [-0.25, -0.2) is 4.79 Å². The van der Waals surface area contributed by atoms with Crippen LogP contribution in [0.3, 0.4) is 0 Å². The molecule has 0 radical (unpaired) electrons. The summed E-state index contributed by atoms with van der Waals surface area (Å²) in [5, 5.41) is 0. The second kappa shape index (κ2) is 5.75. The Bertz CT molecular complexity index is 678. The van der Waals surface area contributed by atoms with Crippen LogP contribution in [-0.4, -0.2) is 41.1 Å². The molecule has 2 amide bonds. The summed E-state index contributed by atoms with van der Waals surface area (Å²) in [4.78, 5) is 29.6. The van der Waals surface area contributed by atoms with Crippen molar-refractivity contribution in [2.24, 2.45) is 11.8 Å². The molecule has 1 aliphatic heterocycles. The molecule has 0 N–H and O–H groups in total. The van der Waals surface area contributed by atoms with Crippen molar-refractivity contribution in [1.29, 1.82) is 0 Å². The van der Waals surface area contributed by atoms with Crippen molar-refractivity contribution in [3.05, 3.63) is 30.3 Å². The van der Waals surface area contributed by atoms with Crippen molar-refractivity contribution in [2.45, 2.75) is 57.7 Å². The van der Waals surface area contributed by atoms with E-state index in [2.05, 4.69) is 0 Å². The van der Waals surface area contributed by atoms with Gasteiger partial charge in [0.05, 0.1) is 0 Å². The van der Waals surface area contributed by atoms with Gasteiger partial charge in [0.25, 0.3) is 0 Å². The van der Waals surface area contributed by atoms with Crippen molar-refractivity contribution in [3.8, 4) is 0 Å². The highest BCUT2D eigenvalue weighted by atomic mass is 16.6. The van der Waals surface area contributed by atoms with Crippen molar-refractivity contribution in [3.63, 3.8) is 0 Å². The van der Waals surface area contributed by atoms with Crippen LogP contribution in [0.5, 0.6) is 0 Å². The molecule has 0 bridgehead atoms. The van der Waals surface area contributed by atoms with Crippen molar-refractivity contribution in [1.82, 2.24) is 4.90 Å². The lowest BCUT2D eigenvalue weighted by Crippen LogP contribution is -2.51. The third-order valence-corrected chi connectivity index (χ3v) is 5.21. The number of ether oxygens (including phenoxy) is 1. The lowest BCUT2D eigenvalue weighted by atomic mass is 10.1. The zero-order chi connectivity index (χ0) is 17.8. The van der Waals surface area contributed by atoms with Gasteiger partial charge < -0.3 is 9.64 Å². The van der Waals surface area contributed by atoms with Crippen LogP contribution in [0.4, 0.5) is 10.5 Å². The van der Waals surface area contributed by atoms with Crippen LogP contribution in [0.25, 0.3) is 0 Å². The van der Waals surface area contributed by atoms with Gasteiger partial charge in [0.1, 0.15) is 11.6 Å². The Labute approximate surface area is 148 Å². The Balaban J connectivity index is 1.57. The fourth-order valence-electron chi connectivity index (χ4n) is 3.87. The van der Waals surface area contributed by atoms with Gasteiger partial charge in [-0.2, -0.15) is 0 Å². The average molecular weight is 342 g/mol. The van der Waals surface area contributed by atoms with Gasteiger partial charge in [-0.3, -0.25) is 9.69 Å². The number of anilines is 1. The van der Waals surface area contributed by atoms with E-state index in [9.17, 15) is 9.59 Å². The molecule has 5 nitrogen and oxygen atoms in total. The number of hydrogen-bond donors (Lipinski definition) is 0. The smallest absolute Gasteiger partial charge is 0.410 e. The monoisotopic (exact) mass is 342 g/mol. The predicted molar refractivity (Wildman–Crippen MR) is 95.3 cm³/mol. The molecule has 2 aliphatic carbocycles. The van der Waals surface area contributed by atoms with Gasteiger partial charge in [0.2, 0.25) is 5.91 Å². The normalized spacial score (nSPS) is 27.6. The van der Waals surface area contributed by atoms with Crippen LogP contribution in [0.15, 0.2) is 30.3 Å². The van der Waals surface area contributed by atoms with Gasteiger partial charge in [-0.15, -0.1) is 0 Å². The molecule has 1 heterocycles. The number of fused-ring (bicyclic) bond motifs is 1. The summed E-state index contributed by atoms with van der Waals surface area (Å²) in [6, 6.07) is 9.73. The Morgan fingerprint density at radius 2 is 1.84 bits per heavy atom. The van der Waals surface area contributed by atoms with Crippen molar-refractivity contribution < 1.29 is 14.3 Å². The van der Waals surface area contributed by atoms with E-state index in [-0.39, 0.29) is 24.1 Å². The summed E-state index contributed by atoms with van der Waals surface area (Å²) in [5.41, 5.74) is 0.385. The second-order valence-corrected chi connectivity index (χ2v) is 8.51. The average Bonchev–Trinajstić information content (AvgIpc) is 3.46. The first kappa shape index (κ1) is 16.4.